The van der Waals surface area contributed by atoms with Gasteiger partial charge in [0.25, 0.3) is 0 Å². The number of hydrogen-bond acceptors (Lipinski definition) is 5. The highest BCUT2D eigenvalue weighted by Crippen LogP contribution is 2.42. The summed E-state index contributed by atoms with van der Waals surface area (Å²) < 4.78 is 0. The molecule has 0 aromatic heterocycles. The average Bonchev–Trinajstić information content (AvgIpc) is 3.06. The van der Waals surface area contributed by atoms with E-state index in [9.17, 15) is 14.4 Å². The van der Waals surface area contributed by atoms with Crippen molar-refractivity contribution in [2.45, 2.75) is 77.5 Å². The number of benzene rings is 1. The molecule has 0 radical (unpaired) electrons. The number of rotatable bonds is 0. The largest absolute Gasteiger partial charge is 0.300 e. The number of fused-ring (bicyclic) bond motifs is 5. The molecular formula is C23H32N2O3. The van der Waals surface area contributed by atoms with E-state index in [4.69, 9.17) is 0 Å². The summed E-state index contributed by atoms with van der Waals surface area (Å²) in [4.78, 5) is 38.5. The predicted molar refractivity (Wildman–Crippen MR) is 110 cm³/mol. The van der Waals surface area contributed by atoms with E-state index in [1.165, 1.54) is 0 Å². The highest BCUT2D eigenvalue weighted by atomic mass is 16.2. The maximum absolute atomic E-state index is 12.9. The number of Topliss-reactive ketones (excluding diaryl/α,β-unsaturated/α-hetero) is 3. The van der Waals surface area contributed by atoms with E-state index in [1.807, 2.05) is 27.7 Å². The van der Waals surface area contributed by atoms with E-state index in [2.05, 4.69) is 10.6 Å². The Morgan fingerprint density at radius 1 is 0.750 bits per heavy atom. The molecule has 3 aliphatic carbocycles. The van der Waals surface area contributed by atoms with Gasteiger partial charge in [0.15, 0.2) is 17.3 Å². The van der Waals surface area contributed by atoms with Crippen LogP contribution in [0, 0.1) is 11.8 Å². The van der Waals surface area contributed by atoms with Crippen molar-refractivity contribution in [2.75, 3.05) is 0 Å². The van der Waals surface area contributed by atoms with Gasteiger partial charge < -0.3 is 5.32 Å². The lowest BCUT2D eigenvalue weighted by Crippen LogP contribution is -2.72. The van der Waals surface area contributed by atoms with Crippen molar-refractivity contribution < 1.29 is 14.4 Å². The lowest BCUT2D eigenvalue weighted by atomic mass is 9.77. The van der Waals surface area contributed by atoms with Gasteiger partial charge in [-0.15, -0.1) is 0 Å². The summed E-state index contributed by atoms with van der Waals surface area (Å²) in [5.74, 6) is 0.498. The van der Waals surface area contributed by atoms with E-state index in [1.54, 1.807) is 24.3 Å². The second-order valence-corrected chi connectivity index (χ2v) is 7.52. The van der Waals surface area contributed by atoms with Crippen LogP contribution in [0.5, 0.6) is 0 Å². The van der Waals surface area contributed by atoms with Crippen molar-refractivity contribution in [3.8, 4) is 0 Å². The molecule has 4 aliphatic rings. The highest BCUT2D eigenvalue weighted by Gasteiger charge is 2.57. The fourth-order valence-electron chi connectivity index (χ4n) is 5.30. The average molecular weight is 385 g/mol. The summed E-state index contributed by atoms with van der Waals surface area (Å²) in [5.41, 5.74) is 0.973. The molecule has 1 saturated heterocycles. The van der Waals surface area contributed by atoms with Crippen LogP contribution in [0.4, 0.5) is 0 Å². The molecule has 28 heavy (non-hydrogen) atoms. The monoisotopic (exact) mass is 384 g/mol. The first kappa shape index (κ1) is 20.9. The van der Waals surface area contributed by atoms with Crippen LogP contribution in [0.15, 0.2) is 24.3 Å². The predicted octanol–water partition coefficient (Wildman–Crippen LogP) is 3.17. The molecule has 5 heteroatoms. The van der Waals surface area contributed by atoms with Gasteiger partial charge in [0.1, 0.15) is 0 Å². The maximum atomic E-state index is 12.9. The quantitative estimate of drug-likeness (QED) is 0.719. The Labute approximate surface area is 167 Å². The van der Waals surface area contributed by atoms with Crippen LogP contribution in [0.1, 0.15) is 74.1 Å². The Kier molecular flexibility index (Phi) is 6.46. The molecule has 1 aromatic carbocycles. The zero-order chi connectivity index (χ0) is 20.4. The van der Waals surface area contributed by atoms with Gasteiger partial charge >= 0.3 is 0 Å². The molecule has 5 nitrogen and oxygen atoms in total. The zero-order valence-corrected chi connectivity index (χ0v) is 17.3. The van der Waals surface area contributed by atoms with Gasteiger partial charge in [-0.05, 0) is 18.8 Å². The molecule has 6 atom stereocenters. The van der Waals surface area contributed by atoms with Gasteiger partial charge in [0.2, 0.25) is 0 Å². The summed E-state index contributed by atoms with van der Waals surface area (Å²) in [6.07, 6.45) is 4.21. The summed E-state index contributed by atoms with van der Waals surface area (Å²) in [6.45, 7) is 8.00. The Morgan fingerprint density at radius 2 is 1.29 bits per heavy atom. The molecule has 0 spiro atoms. The van der Waals surface area contributed by atoms with Crippen LogP contribution >= 0.6 is 0 Å². The number of carbonyl (C=O) groups is 3. The minimum atomic E-state index is -0.627. The Bertz CT molecular complexity index is 760. The number of piperazine rings is 1. The van der Waals surface area contributed by atoms with Gasteiger partial charge in [-0.25, -0.2) is 0 Å². The molecule has 6 unspecified atom stereocenters. The van der Waals surface area contributed by atoms with Crippen LogP contribution in [-0.2, 0) is 4.79 Å². The molecule has 1 aromatic rings. The molecular weight excluding hydrogens is 352 g/mol. The fraction of sp³-hybridized carbons (Fsp3) is 0.609. The van der Waals surface area contributed by atoms with Crippen molar-refractivity contribution >= 4 is 17.3 Å². The highest BCUT2D eigenvalue weighted by molar-refractivity contribution is 6.19. The van der Waals surface area contributed by atoms with Gasteiger partial charge in [0.05, 0.1) is 18.1 Å². The van der Waals surface area contributed by atoms with E-state index >= 15 is 0 Å². The first-order valence-corrected chi connectivity index (χ1v) is 10.9. The van der Waals surface area contributed by atoms with E-state index < -0.39 is 12.1 Å². The van der Waals surface area contributed by atoms with Gasteiger partial charge in [0, 0.05) is 23.1 Å². The number of carbonyl (C=O) groups excluding carboxylic acids is 3. The van der Waals surface area contributed by atoms with Crippen LogP contribution in [-0.4, -0.2) is 41.5 Å². The van der Waals surface area contributed by atoms with Gasteiger partial charge in [-0.3, -0.25) is 19.7 Å². The van der Waals surface area contributed by atoms with Crippen LogP contribution in [0.25, 0.3) is 0 Å². The number of ketones is 3. The minimum absolute atomic E-state index is 0.0222. The van der Waals surface area contributed by atoms with Crippen molar-refractivity contribution in [3.05, 3.63) is 35.4 Å². The first-order chi connectivity index (χ1) is 13.7. The third kappa shape index (κ3) is 3.15. The third-order valence-corrected chi connectivity index (χ3v) is 6.40. The molecule has 1 heterocycles. The lowest BCUT2D eigenvalue weighted by Gasteiger charge is -2.43. The second kappa shape index (κ2) is 8.66. The van der Waals surface area contributed by atoms with E-state index in [0.29, 0.717) is 17.0 Å². The molecule has 2 N–H and O–H groups in total. The van der Waals surface area contributed by atoms with E-state index in [0.717, 1.165) is 25.7 Å². The van der Waals surface area contributed by atoms with Crippen molar-refractivity contribution in [3.63, 3.8) is 0 Å². The smallest absolute Gasteiger partial charge is 0.182 e. The maximum Gasteiger partial charge on any atom is 0.182 e. The molecule has 3 fully saturated rings. The Hall–Kier alpha value is -1.85. The second-order valence-electron chi connectivity index (χ2n) is 7.52. The lowest BCUT2D eigenvalue weighted by molar-refractivity contribution is -0.123. The Morgan fingerprint density at radius 3 is 1.89 bits per heavy atom. The molecule has 1 aliphatic heterocycles. The summed E-state index contributed by atoms with van der Waals surface area (Å²) in [5, 5.41) is 6.68. The van der Waals surface area contributed by atoms with Crippen molar-refractivity contribution in [1.29, 1.82) is 0 Å². The van der Waals surface area contributed by atoms with Crippen LogP contribution in [0.2, 0.25) is 0 Å². The fourth-order valence-corrected chi connectivity index (χ4v) is 5.30. The van der Waals surface area contributed by atoms with Gasteiger partial charge in [-0.2, -0.15) is 0 Å². The topological polar surface area (TPSA) is 75.3 Å². The number of nitrogens with one attached hydrogen (secondary N) is 2. The van der Waals surface area contributed by atoms with Crippen molar-refractivity contribution in [2.24, 2.45) is 11.8 Å². The van der Waals surface area contributed by atoms with Crippen LogP contribution in [0.3, 0.4) is 0 Å². The normalized spacial score (nSPS) is 35.2. The first-order valence-electron chi connectivity index (χ1n) is 10.9. The molecule has 5 rings (SSSR count). The minimum Gasteiger partial charge on any atom is -0.300 e. The third-order valence-electron chi connectivity index (χ3n) is 6.40. The van der Waals surface area contributed by atoms with Gasteiger partial charge in [-0.1, -0.05) is 64.8 Å². The summed E-state index contributed by atoms with van der Waals surface area (Å²) in [7, 11) is 0. The summed E-state index contributed by atoms with van der Waals surface area (Å²) >= 11 is 0. The van der Waals surface area contributed by atoms with Crippen molar-refractivity contribution in [1.82, 2.24) is 10.6 Å². The summed E-state index contributed by atoms with van der Waals surface area (Å²) in [6, 6.07) is 5.46. The zero-order valence-electron chi connectivity index (χ0n) is 17.3. The number of hydrogen-bond donors (Lipinski definition) is 2. The SMILES string of the molecule is CC.CC.O=C1c2ccccc2C(=O)C2NC3C(NC12)C(=O)C1CCCCC13. The molecule has 152 valence electrons. The molecule has 0 bridgehead atoms. The standard InChI is InChI=1S/C19H20N2O3.2C2H6/c22-17-10-6-2-1-5-9(10)13-14(17)21-16-15(20-13)18(23)11-7-3-4-8-12(11)19(16)24;2*1-2/h3-4,7-10,13-16,20-21H,1-2,5-6H2;2*1-2H3. The Balaban J connectivity index is 0.000000531. The van der Waals surface area contributed by atoms with E-state index in [-0.39, 0.29) is 35.4 Å². The van der Waals surface area contributed by atoms with Crippen LogP contribution < -0.4 is 10.6 Å². The molecule has 2 saturated carbocycles. The molecule has 0 amide bonds.